The van der Waals surface area contributed by atoms with Crippen LogP contribution < -0.4 is 0 Å². The molecule has 1 unspecified atom stereocenters. The number of hydrogen-bond donors (Lipinski definition) is 0. The molecule has 0 aliphatic carbocycles. The molecule has 0 saturated heterocycles. The number of nitrogens with zero attached hydrogens (tertiary/aromatic N) is 2. The quantitative estimate of drug-likeness (QED) is 0.655. The Morgan fingerprint density at radius 1 is 1.53 bits per heavy atom. The van der Waals surface area contributed by atoms with Gasteiger partial charge in [-0.3, -0.25) is 9.48 Å². The maximum Gasteiger partial charge on any atom is 0.211 e. The molecule has 0 spiro atoms. The molecule has 108 valence electrons. The molecule has 1 aromatic rings. The summed E-state index contributed by atoms with van der Waals surface area (Å²) in [6, 6.07) is 0. The van der Waals surface area contributed by atoms with Gasteiger partial charge in [0.15, 0.2) is 0 Å². The van der Waals surface area contributed by atoms with Crippen molar-refractivity contribution in [3.63, 3.8) is 0 Å². The van der Waals surface area contributed by atoms with Crippen molar-refractivity contribution in [2.24, 2.45) is 0 Å². The van der Waals surface area contributed by atoms with Gasteiger partial charge in [-0.1, -0.05) is 24.9 Å². The van der Waals surface area contributed by atoms with Crippen molar-refractivity contribution in [2.45, 2.75) is 39.3 Å². The van der Waals surface area contributed by atoms with E-state index in [4.69, 9.17) is 21.1 Å². The first-order valence-corrected chi connectivity index (χ1v) is 6.89. The van der Waals surface area contributed by atoms with E-state index in [0.29, 0.717) is 36.9 Å². The lowest BCUT2D eigenvalue weighted by atomic mass is 10.1. The van der Waals surface area contributed by atoms with Crippen LogP contribution in [0.2, 0.25) is 5.02 Å². The highest BCUT2D eigenvalue weighted by Gasteiger charge is 2.25. The van der Waals surface area contributed by atoms with Crippen molar-refractivity contribution in [3.8, 4) is 0 Å². The highest BCUT2D eigenvalue weighted by Crippen LogP contribution is 2.20. The van der Waals surface area contributed by atoms with Crippen LogP contribution in [0, 0.1) is 0 Å². The Morgan fingerprint density at radius 2 is 2.26 bits per heavy atom. The first-order valence-electron chi connectivity index (χ1n) is 6.51. The summed E-state index contributed by atoms with van der Waals surface area (Å²) in [5, 5.41) is 4.47. The second-order valence-electron chi connectivity index (χ2n) is 4.15. The third kappa shape index (κ3) is 4.30. The Bertz CT molecular complexity index is 401. The lowest BCUT2D eigenvalue weighted by molar-refractivity contribution is 0.0412. The van der Waals surface area contributed by atoms with Crippen LogP contribution in [0.15, 0.2) is 6.20 Å². The molecule has 5 nitrogen and oxygen atoms in total. The van der Waals surface area contributed by atoms with Gasteiger partial charge in [0.05, 0.1) is 24.4 Å². The smallest absolute Gasteiger partial charge is 0.211 e. The Balaban J connectivity index is 2.92. The highest BCUT2D eigenvalue weighted by molar-refractivity contribution is 6.33. The second kappa shape index (κ2) is 8.30. The number of ketones is 1. The molecular weight excluding hydrogens is 268 g/mol. The van der Waals surface area contributed by atoms with Gasteiger partial charge in [0.25, 0.3) is 0 Å². The minimum absolute atomic E-state index is 0.109. The lowest BCUT2D eigenvalue weighted by Crippen LogP contribution is -2.27. The Hall–Kier alpha value is -0.910. The van der Waals surface area contributed by atoms with Gasteiger partial charge in [-0.2, -0.15) is 5.10 Å². The second-order valence-corrected chi connectivity index (χ2v) is 4.56. The standard InChI is InChI=1S/C13H21ClN2O3/c1-4-6-11(19-5-2)13(17)12-10(14)9-15-16(12)7-8-18-3/h9,11H,4-8H2,1-3H3. The van der Waals surface area contributed by atoms with Crippen LogP contribution in [0.4, 0.5) is 0 Å². The Labute approximate surface area is 118 Å². The average Bonchev–Trinajstić information content (AvgIpc) is 2.76. The molecule has 0 N–H and O–H groups in total. The van der Waals surface area contributed by atoms with E-state index >= 15 is 0 Å². The normalized spacial score (nSPS) is 12.6. The van der Waals surface area contributed by atoms with E-state index in [2.05, 4.69) is 5.10 Å². The maximum atomic E-state index is 12.5. The van der Waals surface area contributed by atoms with Gasteiger partial charge in [-0.05, 0) is 13.3 Å². The number of carbonyl (C=O) groups excluding carboxylic acids is 1. The number of halogens is 1. The van der Waals surface area contributed by atoms with Gasteiger partial charge in [-0.15, -0.1) is 0 Å². The van der Waals surface area contributed by atoms with Crippen molar-refractivity contribution in [1.82, 2.24) is 9.78 Å². The molecule has 0 aliphatic rings. The Kier molecular flexibility index (Phi) is 7.05. The molecule has 0 amide bonds. The number of Topliss-reactive ketones (excluding diaryl/α,β-unsaturated/α-hetero) is 1. The SMILES string of the molecule is CCCC(OCC)C(=O)c1c(Cl)cnn1CCOC. The van der Waals surface area contributed by atoms with E-state index in [1.807, 2.05) is 13.8 Å². The highest BCUT2D eigenvalue weighted by atomic mass is 35.5. The van der Waals surface area contributed by atoms with Crippen LogP contribution in [0.1, 0.15) is 37.2 Å². The van der Waals surface area contributed by atoms with Gasteiger partial charge < -0.3 is 9.47 Å². The monoisotopic (exact) mass is 288 g/mol. The van der Waals surface area contributed by atoms with E-state index in [-0.39, 0.29) is 5.78 Å². The number of carbonyl (C=O) groups is 1. The zero-order chi connectivity index (χ0) is 14.3. The molecule has 1 aromatic heterocycles. The average molecular weight is 289 g/mol. The molecule has 0 aliphatic heterocycles. The van der Waals surface area contributed by atoms with Gasteiger partial charge in [0.1, 0.15) is 11.8 Å². The van der Waals surface area contributed by atoms with Gasteiger partial charge in [-0.25, -0.2) is 0 Å². The fourth-order valence-electron chi connectivity index (χ4n) is 1.86. The van der Waals surface area contributed by atoms with Gasteiger partial charge in [0, 0.05) is 13.7 Å². The zero-order valence-corrected chi connectivity index (χ0v) is 12.4. The first-order chi connectivity index (χ1) is 9.15. The van der Waals surface area contributed by atoms with Gasteiger partial charge in [0.2, 0.25) is 5.78 Å². The van der Waals surface area contributed by atoms with E-state index in [1.54, 1.807) is 11.8 Å². The minimum atomic E-state index is -0.453. The predicted octanol–water partition coefficient (Wildman–Crippen LogP) is 2.57. The summed E-state index contributed by atoms with van der Waals surface area (Å²) in [6.45, 7) is 5.36. The minimum Gasteiger partial charge on any atom is -0.383 e. The summed E-state index contributed by atoms with van der Waals surface area (Å²) in [7, 11) is 1.60. The summed E-state index contributed by atoms with van der Waals surface area (Å²) in [4.78, 5) is 12.5. The summed E-state index contributed by atoms with van der Waals surface area (Å²) < 4.78 is 12.1. The topological polar surface area (TPSA) is 53.3 Å². The third-order valence-corrected chi connectivity index (χ3v) is 3.02. The fourth-order valence-corrected chi connectivity index (χ4v) is 2.10. The number of rotatable bonds is 9. The van der Waals surface area contributed by atoms with Crippen molar-refractivity contribution < 1.29 is 14.3 Å². The molecular formula is C13H21ClN2O3. The van der Waals surface area contributed by atoms with E-state index < -0.39 is 6.10 Å². The van der Waals surface area contributed by atoms with Crippen molar-refractivity contribution >= 4 is 17.4 Å². The van der Waals surface area contributed by atoms with Crippen LogP contribution in [0.25, 0.3) is 0 Å². The molecule has 19 heavy (non-hydrogen) atoms. The summed E-state index contributed by atoms with van der Waals surface area (Å²) in [5.74, 6) is -0.109. The summed E-state index contributed by atoms with van der Waals surface area (Å²) in [6.07, 6.45) is 2.59. The van der Waals surface area contributed by atoms with E-state index in [1.165, 1.54) is 6.20 Å². The fraction of sp³-hybridized carbons (Fsp3) is 0.692. The van der Waals surface area contributed by atoms with Gasteiger partial charge >= 0.3 is 0 Å². The lowest BCUT2D eigenvalue weighted by Gasteiger charge is -2.16. The number of methoxy groups -OCH3 is 1. The number of hydrogen-bond acceptors (Lipinski definition) is 4. The summed E-state index contributed by atoms with van der Waals surface area (Å²) >= 11 is 6.06. The van der Waals surface area contributed by atoms with E-state index in [9.17, 15) is 4.79 Å². The van der Waals surface area contributed by atoms with Crippen LogP contribution >= 0.6 is 11.6 Å². The number of ether oxygens (including phenoxy) is 2. The largest absolute Gasteiger partial charge is 0.383 e. The van der Waals surface area contributed by atoms with Crippen LogP contribution in [-0.2, 0) is 16.0 Å². The Morgan fingerprint density at radius 3 is 2.84 bits per heavy atom. The van der Waals surface area contributed by atoms with Crippen LogP contribution in [0.3, 0.4) is 0 Å². The molecule has 1 rings (SSSR count). The van der Waals surface area contributed by atoms with E-state index in [0.717, 1.165) is 6.42 Å². The van der Waals surface area contributed by atoms with Crippen molar-refractivity contribution in [3.05, 3.63) is 16.9 Å². The molecule has 1 heterocycles. The molecule has 0 saturated carbocycles. The van der Waals surface area contributed by atoms with Crippen LogP contribution in [0.5, 0.6) is 0 Å². The van der Waals surface area contributed by atoms with Crippen LogP contribution in [-0.4, -0.2) is 42.0 Å². The summed E-state index contributed by atoms with van der Waals surface area (Å²) in [5.41, 5.74) is 0.408. The molecule has 0 bridgehead atoms. The molecule has 1 atom stereocenters. The molecule has 0 aromatic carbocycles. The molecule has 0 radical (unpaired) electrons. The third-order valence-electron chi connectivity index (χ3n) is 2.75. The number of aromatic nitrogens is 2. The molecule has 0 fully saturated rings. The first kappa shape index (κ1) is 16.1. The van der Waals surface area contributed by atoms with Crippen molar-refractivity contribution in [1.29, 1.82) is 0 Å². The molecule has 6 heteroatoms. The zero-order valence-electron chi connectivity index (χ0n) is 11.7. The maximum absolute atomic E-state index is 12.5. The van der Waals surface area contributed by atoms with Crippen molar-refractivity contribution in [2.75, 3.05) is 20.3 Å². The predicted molar refractivity (Wildman–Crippen MR) is 73.8 cm³/mol.